The summed E-state index contributed by atoms with van der Waals surface area (Å²) < 4.78 is 13.6. The summed E-state index contributed by atoms with van der Waals surface area (Å²) in [6.07, 6.45) is 5.00. The number of carbonyl (C=O) groups is 1. The Morgan fingerprint density at radius 1 is 1.33 bits per heavy atom. The lowest BCUT2D eigenvalue weighted by atomic mass is 10.1. The molecule has 0 aromatic heterocycles. The lowest BCUT2D eigenvalue weighted by Gasteiger charge is -2.17. The average molecular weight is 295 g/mol. The van der Waals surface area contributed by atoms with Crippen LogP contribution in [-0.2, 0) is 11.3 Å². The molecule has 0 amide bonds. The molecule has 0 aliphatic carbocycles. The second-order valence-electron chi connectivity index (χ2n) is 5.05. The van der Waals surface area contributed by atoms with Gasteiger partial charge in [-0.3, -0.25) is 0 Å². The van der Waals surface area contributed by atoms with Crippen molar-refractivity contribution in [3.05, 3.63) is 41.2 Å². The van der Waals surface area contributed by atoms with Crippen molar-refractivity contribution in [1.82, 2.24) is 4.90 Å². The Labute approximate surface area is 124 Å². The van der Waals surface area contributed by atoms with E-state index >= 15 is 0 Å². The molecular formula is C16H22FNO3. The molecule has 0 atom stereocenters. The van der Waals surface area contributed by atoms with Crippen LogP contribution in [0.3, 0.4) is 0 Å². The number of benzene rings is 1. The topological polar surface area (TPSA) is 60.8 Å². The van der Waals surface area contributed by atoms with Crippen molar-refractivity contribution < 1.29 is 19.4 Å². The highest BCUT2D eigenvalue weighted by molar-refractivity contribution is 5.85. The maximum Gasteiger partial charge on any atom is 0.328 e. The van der Waals surface area contributed by atoms with Crippen molar-refractivity contribution in [2.45, 2.75) is 25.8 Å². The summed E-state index contributed by atoms with van der Waals surface area (Å²) >= 11 is 0. The number of halogens is 1. The fraction of sp³-hybridized carbons (Fsp3) is 0.438. The van der Waals surface area contributed by atoms with E-state index in [9.17, 15) is 9.18 Å². The van der Waals surface area contributed by atoms with E-state index in [0.29, 0.717) is 6.54 Å². The molecule has 0 heterocycles. The molecule has 1 rings (SSSR count). The van der Waals surface area contributed by atoms with E-state index in [1.165, 1.54) is 12.1 Å². The molecule has 1 aromatic carbocycles. The number of carboxylic acids is 1. The Bertz CT molecular complexity index is 488. The summed E-state index contributed by atoms with van der Waals surface area (Å²) in [5.74, 6) is -1.53. The predicted octanol–water partition coefficient (Wildman–Crippen LogP) is 2.52. The normalized spacial score (nSPS) is 11.4. The zero-order valence-corrected chi connectivity index (χ0v) is 12.3. The SMILES string of the molecule is CN(CCCCCO)Cc1ccc(F)c(/C=C/C(=O)O)c1. The highest BCUT2D eigenvalue weighted by Gasteiger charge is 2.04. The first-order valence-electron chi connectivity index (χ1n) is 7.01. The Balaban J connectivity index is 2.59. The number of hydrogen-bond acceptors (Lipinski definition) is 3. The summed E-state index contributed by atoms with van der Waals surface area (Å²) in [7, 11) is 1.98. The van der Waals surface area contributed by atoms with Gasteiger partial charge in [-0.15, -0.1) is 0 Å². The first-order chi connectivity index (χ1) is 10.0. The molecule has 4 nitrogen and oxygen atoms in total. The molecule has 0 aliphatic rings. The smallest absolute Gasteiger partial charge is 0.328 e. The third kappa shape index (κ3) is 7.02. The van der Waals surface area contributed by atoms with Crippen LogP contribution in [0.15, 0.2) is 24.3 Å². The van der Waals surface area contributed by atoms with Crippen LogP contribution in [0.1, 0.15) is 30.4 Å². The lowest BCUT2D eigenvalue weighted by molar-refractivity contribution is -0.131. The van der Waals surface area contributed by atoms with Crippen LogP contribution in [-0.4, -0.2) is 41.3 Å². The number of nitrogens with zero attached hydrogens (tertiary/aromatic N) is 1. The zero-order chi connectivity index (χ0) is 15.7. The Kier molecular flexibility index (Phi) is 7.64. The molecule has 5 heteroatoms. The van der Waals surface area contributed by atoms with E-state index in [1.54, 1.807) is 12.1 Å². The van der Waals surface area contributed by atoms with Gasteiger partial charge < -0.3 is 15.1 Å². The van der Waals surface area contributed by atoms with Crippen molar-refractivity contribution in [2.75, 3.05) is 20.2 Å². The molecule has 0 saturated carbocycles. The Hall–Kier alpha value is -1.72. The standard InChI is InChI=1S/C16H22FNO3/c1-18(9-3-2-4-10-19)12-13-5-7-15(17)14(11-13)6-8-16(20)21/h5-8,11,19H,2-4,9-10,12H2,1H3,(H,20,21)/b8-6+. The molecule has 1 aromatic rings. The van der Waals surface area contributed by atoms with Gasteiger partial charge >= 0.3 is 5.97 Å². The summed E-state index contributed by atoms with van der Waals surface area (Å²) in [5, 5.41) is 17.3. The number of unbranched alkanes of at least 4 members (excludes halogenated alkanes) is 2. The second-order valence-corrected chi connectivity index (χ2v) is 5.05. The van der Waals surface area contributed by atoms with E-state index in [4.69, 9.17) is 10.2 Å². The number of carboxylic acid groups (broad SMARTS) is 1. The van der Waals surface area contributed by atoms with Crippen LogP contribution < -0.4 is 0 Å². The first-order valence-corrected chi connectivity index (χ1v) is 7.01. The van der Waals surface area contributed by atoms with Crippen LogP contribution in [0.2, 0.25) is 0 Å². The average Bonchev–Trinajstić information content (AvgIpc) is 2.44. The monoisotopic (exact) mass is 295 g/mol. The molecule has 0 aliphatic heterocycles. The van der Waals surface area contributed by atoms with Crippen LogP contribution in [0.4, 0.5) is 4.39 Å². The highest BCUT2D eigenvalue weighted by atomic mass is 19.1. The molecule has 116 valence electrons. The molecule has 0 bridgehead atoms. The molecule has 0 unspecified atom stereocenters. The van der Waals surface area contributed by atoms with Gasteiger partial charge in [0, 0.05) is 24.8 Å². The summed E-state index contributed by atoms with van der Waals surface area (Å²) in [6, 6.07) is 4.73. The number of aliphatic hydroxyl groups is 1. The molecule has 2 N–H and O–H groups in total. The minimum atomic E-state index is -1.10. The molecule has 0 spiro atoms. The van der Waals surface area contributed by atoms with Crippen molar-refractivity contribution in [3.63, 3.8) is 0 Å². The predicted molar refractivity (Wildman–Crippen MR) is 80.3 cm³/mol. The minimum Gasteiger partial charge on any atom is -0.478 e. The van der Waals surface area contributed by atoms with Crippen LogP contribution in [0.25, 0.3) is 6.08 Å². The molecule has 0 fully saturated rings. The fourth-order valence-electron chi connectivity index (χ4n) is 2.04. The van der Waals surface area contributed by atoms with Gasteiger partial charge in [0.2, 0.25) is 0 Å². The number of hydrogen-bond donors (Lipinski definition) is 2. The van der Waals surface area contributed by atoms with Gasteiger partial charge in [-0.2, -0.15) is 0 Å². The van der Waals surface area contributed by atoms with Crippen molar-refractivity contribution in [2.24, 2.45) is 0 Å². The van der Waals surface area contributed by atoms with Gasteiger partial charge in [0.05, 0.1) is 0 Å². The number of rotatable bonds is 9. The maximum absolute atomic E-state index is 13.6. The minimum absolute atomic E-state index is 0.223. The van der Waals surface area contributed by atoms with Gasteiger partial charge in [-0.25, -0.2) is 9.18 Å². The highest BCUT2D eigenvalue weighted by Crippen LogP contribution is 2.14. The molecule has 21 heavy (non-hydrogen) atoms. The van der Waals surface area contributed by atoms with Crippen LogP contribution >= 0.6 is 0 Å². The third-order valence-corrected chi connectivity index (χ3v) is 3.12. The van der Waals surface area contributed by atoms with Crippen molar-refractivity contribution >= 4 is 12.0 Å². The van der Waals surface area contributed by atoms with E-state index in [-0.39, 0.29) is 12.2 Å². The van der Waals surface area contributed by atoms with Crippen LogP contribution in [0.5, 0.6) is 0 Å². The zero-order valence-electron chi connectivity index (χ0n) is 12.3. The molecular weight excluding hydrogens is 273 g/mol. The van der Waals surface area contributed by atoms with E-state index in [0.717, 1.165) is 37.4 Å². The number of aliphatic carboxylic acids is 1. The van der Waals surface area contributed by atoms with Gasteiger partial charge in [0.25, 0.3) is 0 Å². The van der Waals surface area contributed by atoms with Crippen molar-refractivity contribution in [1.29, 1.82) is 0 Å². The van der Waals surface area contributed by atoms with Gasteiger partial charge in [0.1, 0.15) is 5.82 Å². The Morgan fingerprint density at radius 3 is 2.76 bits per heavy atom. The van der Waals surface area contributed by atoms with Crippen molar-refractivity contribution in [3.8, 4) is 0 Å². The van der Waals surface area contributed by atoms with Gasteiger partial charge in [-0.1, -0.05) is 6.07 Å². The fourth-order valence-corrected chi connectivity index (χ4v) is 2.04. The summed E-state index contributed by atoms with van der Waals surface area (Å²) in [5.41, 5.74) is 1.22. The summed E-state index contributed by atoms with van der Waals surface area (Å²) in [4.78, 5) is 12.6. The van der Waals surface area contributed by atoms with Gasteiger partial charge in [-0.05, 0) is 56.6 Å². The third-order valence-electron chi connectivity index (χ3n) is 3.12. The summed E-state index contributed by atoms with van der Waals surface area (Å²) in [6.45, 7) is 1.80. The number of aliphatic hydroxyl groups excluding tert-OH is 1. The largest absolute Gasteiger partial charge is 0.478 e. The lowest BCUT2D eigenvalue weighted by Crippen LogP contribution is -2.19. The second kappa shape index (κ2) is 9.26. The molecule has 0 radical (unpaired) electrons. The van der Waals surface area contributed by atoms with Crippen LogP contribution in [0, 0.1) is 5.82 Å². The van der Waals surface area contributed by atoms with Gasteiger partial charge in [0.15, 0.2) is 0 Å². The maximum atomic E-state index is 13.6. The van der Waals surface area contributed by atoms with E-state index < -0.39 is 11.8 Å². The van der Waals surface area contributed by atoms with E-state index in [1.807, 2.05) is 7.05 Å². The first kappa shape index (κ1) is 17.3. The Morgan fingerprint density at radius 2 is 2.10 bits per heavy atom. The van der Waals surface area contributed by atoms with E-state index in [2.05, 4.69) is 4.90 Å². The molecule has 0 saturated heterocycles. The quantitative estimate of drug-likeness (QED) is 0.543.